The van der Waals surface area contributed by atoms with Gasteiger partial charge < -0.3 is 0 Å². The van der Waals surface area contributed by atoms with Crippen molar-refractivity contribution < 1.29 is 4.79 Å². The number of benzene rings is 1. The van der Waals surface area contributed by atoms with Gasteiger partial charge in [0.25, 0.3) is 0 Å². The molecule has 0 spiro atoms. The SMILES string of the molecule is N#CSC(C=O)=Cc1ccccc1. The van der Waals surface area contributed by atoms with E-state index in [0.29, 0.717) is 11.2 Å². The number of rotatable bonds is 3. The fraction of sp³-hybridized carbons (Fsp3) is 0. The third kappa shape index (κ3) is 3.14. The summed E-state index contributed by atoms with van der Waals surface area (Å²) in [6, 6.07) is 9.41. The van der Waals surface area contributed by atoms with Crippen LogP contribution in [0.15, 0.2) is 35.2 Å². The van der Waals surface area contributed by atoms with Gasteiger partial charge in [-0.05, 0) is 23.4 Å². The Morgan fingerprint density at radius 2 is 2.08 bits per heavy atom. The second-order valence-electron chi connectivity index (χ2n) is 2.27. The molecule has 3 heteroatoms. The molecule has 0 aliphatic heterocycles. The largest absolute Gasteiger partial charge is 0.297 e. The molecule has 1 aromatic carbocycles. The Balaban J connectivity index is 2.86. The molecule has 0 aromatic heterocycles. The van der Waals surface area contributed by atoms with Crippen LogP contribution in [0.25, 0.3) is 6.08 Å². The number of carbonyl (C=O) groups is 1. The van der Waals surface area contributed by atoms with Gasteiger partial charge in [0.2, 0.25) is 0 Å². The van der Waals surface area contributed by atoms with Crippen molar-refractivity contribution in [1.29, 1.82) is 5.26 Å². The molecular formula is C10H7NOS. The highest BCUT2D eigenvalue weighted by atomic mass is 32.2. The van der Waals surface area contributed by atoms with Crippen molar-refractivity contribution in [1.82, 2.24) is 0 Å². The van der Waals surface area contributed by atoms with Crippen molar-refractivity contribution in [2.75, 3.05) is 0 Å². The third-order valence-corrected chi connectivity index (χ3v) is 1.93. The van der Waals surface area contributed by atoms with Gasteiger partial charge in [-0.2, -0.15) is 5.26 Å². The Morgan fingerprint density at radius 1 is 1.38 bits per heavy atom. The molecule has 0 N–H and O–H groups in total. The third-order valence-electron chi connectivity index (χ3n) is 1.39. The summed E-state index contributed by atoms with van der Waals surface area (Å²) in [6.45, 7) is 0. The van der Waals surface area contributed by atoms with E-state index in [4.69, 9.17) is 5.26 Å². The van der Waals surface area contributed by atoms with Crippen LogP contribution in [0.4, 0.5) is 0 Å². The maximum Gasteiger partial charge on any atom is 0.157 e. The van der Waals surface area contributed by atoms with Crippen LogP contribution in [0.1, 0.15) is 5.56 Å². The summed E-state index contributed by atoms with van der Waals surface area (Å²) in [5, 5.41) is 10.2. The minimum absolute atomic E-state index is 0.425. The van der Waals surface area contributed by atoms with Gasteiger partial charge in [0.1, 0.15) is 5.40 Å². The lowest BCUT2D eigenvalue weighted by molar-refractivity contribution is -0.104. The molecule has 64 valence electrons. The molecule has 0 bridgehead atoms. The van der Waals surface area contributed by atoms with Crippen molar-refractivity contribution in [3.63, 3.8) is 0 Å². The molecule has 0 radical (unpaired) electrons. The highest BCUT2D eigenvalue weighted by molar-refractivity contribution is 8.08. The number of nitrogens with zero attached hydrogens (tertiary/aromatic N) is 1. The summed E-state index contributed by atoms with van der Waals surface area (Å²) in [6.07, 6.45) is 2.36. The molecule has 0 saturated carbocycles. The first-order valence-electron chi connectivity index (χ1n) is 3.64. The minimum atomic E-state index is 0.425. The topological polar surface area (TPSA) is 40.9 Å². The van der Waals surface area contributed by atoms with Crippen LogP contribution < -0.4 is 0 Å². The van der Waals surface area contributed by atoms with Crippen LogP contribution in [0.2, 0.25) is 0 Å². The normalized spacial score (nSPS) is 10.5. The quantitative estimate of drug-likeness (QED) is 0.416. The van der Waals surface area contributed by atoms with Gasteiger partial charge in [0, 0.05) is 0 Å². The molecule has 0 unspecified atom stereocenters. The first-order chi connectivity index (χ1) is 6.36. The van der Waals surface area contributed by atoms with Gasteiger partial charge >= 0.3 is 0 Å². The molecule has 0 saturated heterocycles. The zero-order valence-corrected chi connectivity index (χ0v) is 7.62. The molecule has 13 heavy (non-hydrogen) atoms. The molecule has 0 aliphatic carbocycles. The molecule has 0 aliphatic rings. The summed E-state index contributed by atoms with van der Waals surface area (Å²) in [5.41, 5.74) is 0.923. The number of nitriles is 1. The Kier molecular flexibility index (Phi) is 3.80. The smallest absolute Gasteiger partial charge is 0.157 e. The number of aldehydes is 1. The summed E-state index contributed by atoms with van der Waals surface area (Å²) < 4.78 is 0. The average molecular weight is 189 g/mol. The van der Waals surface area contributed by atoms with E-state index >= 15 is 0 Å². The first-order valence-corrected chi connectivity index (χ1v) is 4.46. The Bertz CT molecular complexity index is 351. The van der Waals surface area contributed by atoms with Crippen molar-refractivity contribution in [3.05, 3.63) is 40.8 Å². The Hall–Kier alpha value is -1.53. The predicted molar refractivity (Wildman–Crippen MR) is 53.7 cm³/mol. The second kappa shape index (κ2) is 5.18. The molecule has 2 nitrogen and oxygen atoms in total. The molecule has 0 heterocycles. The van der Waals surface area contributed by atoms with Crippen molar-refractivity contribution >= 4 is 24.1 Å². The molecular weight excluding hydrogens is 182 g/mol. The lowest BCUT2D eigenvalue weighted by atomic mass is 10.2. The number of allylic oxidation sites excluding steroid dienone is 1. The summed E-state index contributed by atoms with van der Waals surface area (Å²) in [7, 11) is 0. The molecule has 0 amide bonds. The van der Waals surface area contributed by atoms with Crippen LogP contribution in [-0.2, 0) is 4.79 Å². The van der Waals surface area contributed by atoms with Crippen LogP contribution in [0.5, 0.6) is 0 Å². The van der Waals surface area contributed by atoms with Gasteiger partial charge in [-0.1, -0.05) is 30.3 Å². The van der Waals surface area contributed by atoms with Crippen LogP contribution in [0, 0.1) is 10.7 Å². The van der Waals surface area contributed by atoms with Crippen molar-refractivity contribution in [2.45, 2.75) is 0 Å². The van der Waals surface area contributed by atoms with Crippen LogP contribution >= 0.6 is 11.8 Å². The summed E-state index contributed by atoms with van der Waals surface area (Å²) in [4.78, 5) is 10.9. The highest BCUT2D eigenvalue weighted by Crippen LogP contribution is 2.15. The lowest BCUT2D eigenvalue weighted by Gasteiger charge is -1.92. The van der Waals surface area contributed by atoms with E-state index in [9.17, 15) is 4.79 Å². The van der Waals surface area contributed by atoms with Crippen LogP contribution in [0.3, 0.4) is 0 Å². The minimum Gasteiger partial charge on any atom is -0.297 e. The van der Waals surface area contributed by atoms with Gasteiger partial charge in [0.15, 0.2) is 6.29 Å². The van der Waals surface area contributed by atoms with E-state index in [-0.39, 0.29) is 0 Å². The zero-order chi connectivity index (χ0) is 9.52. The Labute approximate surface area is 80.9 Å². The van der Waals surface area contributed by atoms with Crippen LogP contribution in [-0.4, -0.2) is 6.29 Å². The molecule has 1 rings (SSSR count). The zero-order valence-electron chi connectivity index (χ0n) is 6.81. The van der Waals surface area contributed by atoms with E-state index in [1.54, 1.807) is 6.08 Å². The monoisotopic (exact) mass is 189 g/mol. The predicted octanol–water partition coefficient (Wildman–Crippen LogP) is 2.44. The van der Waals surface area contributed by atoms with Gasteiger partial charge in [0.05, 0.1) is 4.91 Å². The number of thiocyanates is 1. The van der Waals surface area contributed by atoms with Crippen molar-refractivity contribution in [3.8, 4) is 5.40 Å². The van der Waals surface area contributed by atoms with E-state index in [1.807, 2.05) is 35.7 Å². The molecule has 0 fully saturated rings. The maximum absolute atomic E-state index is 10.5. The van der Waals surface area contributed by atoms with Gasteiger partial charge in [-0.25, -0.2) is 0 Å². The fourth-order valence-electron chi connectivity index (χ4n) is 0.854. The number of hydrogen-bond donors (Lipinski definition) is 0. The first kappa shape index (κ1) is 9.56. The summed E-state index contributed by atoms with van der Waals surface area (Å²) in [5.74, 6) is 0. The van der Waals surface area contributed by atoms with E-state index in [1.165, 1.54) is 0 Å². The maximum atomic E-state index is 10.5. The van der Waals surface area contributed by atoms with E-state index in [2.05, 4.69) is 0 Å². The van der Waals surface area contributed by atoms with E-state index < -0.39 is 0 Å². The molecule has 0 atom stereocenters. The van der Waals surface area contributed by atoms with Gasteiger partial charge in [-0.3, -0.25) is 4.79 Å². The second-order valence-corrected chi connectivity index (χ2v) is 3.13. The highest BCUT2D eigenvalue weighted by Gasteiger charge is 1.94. The standard InChI is InChI=1S/C10H7NOS/c11-8-13-10(7-12)6-9-4-2-1-3-5-9/h1-7H. The lowest BCUT2D eigenvalue weighted by Crippen LogP contribution is -1.77. The number of thioether (sulfide) groups is 1. The average Bonchev–Trinajstić information content (AvgIpc) is 2.19. The summed E-state index contributed by atoms with van der Waals surface area (Å²) >= 11 is 0.870. The van der Waals surface area contributed by atoms with E-state index in [0.717, 1.165) is 17.3 Å². The number of hydrogen-bond acceptors (Lipinski definition) is 3. The van der Waals surface area contributed by atoms with Crippen molar-refractivity contribution in [2.24, 2.45) is 0 Å². The number of carbonyl (C=O) groups excluding carboxylic acids is 1. The fourth-order valence-corrected chi connectivity index (χ4v) is 1.20. The molecule has 1 aromatic rings. The van der Waals surface area contributed by atoms with Gasteiger partial charge in [-0.15, -0.1) is 0 Å². The Morgan fingerprint density at radius 3 is 2.62 bits per heavy atom.